The smallest absolute Gasteiger partial charge is 0.264 e. The minimum atomic E-state index is -3.33. The van der Waals surface area contributed by atoms with Gasteiger partial charge in [0.25, 0.3) is 5.91 Å². The molecule has 1 saturated heterocycles. The van der Waals surface area contributed by atoms with Gasteiger partial charge in [0.15, 0.2) is 5.60 Å². The number of hydrogen-bond acceptors (Lipinski definition) is 5. The van der Waals surface area contributed by atoms with Gasteiger partial charge in [0.2, 0.25) is 14.3 Å². The number of hydrogen-bond donors (Lipinski definition) is 1. The number of benzene rings is 2. The van der Waals surface area contributed by atoms with Gasteiger partial charge in [-0.25, -0.2) is 5.01 Å². The molecule has 9 heteroatoms. The molecule has 240 valence electrons. The van der Waals surface area contributed by atoms with E-state index in [0.717, 1.165) is 24.1 Å². The second kappa shape index (κ2) is 13.1. The van der Waals surface area contributed by atoms with Gasteiger partial charge in [-0.15, -0.1) is 0 Å². The molecule has 5 rings (SSSR count). The summed E-state index contributed by atoms with van der Waals surface area (Å²) in [4.78, 5) is 29.6. The van der Waals surface area contributed by atoms with Crippen molar-refractivity contribution >= 4 is 37.3 Å². The van der Waals surface area contributed by atoms with Gasteiger partial charge in [-0.3, -0.25) is 9.59 Å². The van der Waals surface area contributed by atoms with Crippen LogP contribution >= 0.6 is 0 Å². The third-order valence-corrected chi connectivity index (χ3v) is 11.9. The molecule has 45 heavy (non-hydrogen) atoms. The van der Waals surface area contributed by atoms with Crippen LogP contribution in [0.5, 0.6) is 0 Å². The highest BCUT2D eigenvalue weighted by Gasteiger charge is 2.66. The summed E-state index contributed by atoms with van der Waals surface area (Å²) < 4.78 is 22.7. The van der Waals surface area contributed by atoms with Crippen molar-refractivity contribution in [2.45, 2.75) is 90.1 Å². The van der Waals surface area contributed by atoms with Crippen molar-refractivity contribution < 1.29 is 23.5 Å². The van der Waals surface area contributed by atoms with Gasteiger partial charge in [0.1, 0.15) is 0 Å². The quantitative estimate of drug-likeness (QED) is 0.168. The second-order valence-corrected chi connectivity index (χ2v) is 17.2. The van der Waals surface area contributed by atoms with E-state index in [9.17, 15) is 14.7 Å². The van der Waals surface area contributed by atoms with Crippen LogP contribution in [0.15, 0.2) is 76.9 Å². The van der Waals surface area contributed by atoms with E-state index in [1.165, 1.54) is 16.2 Å². The summed E-state index contributed by atoms with van der Waals surface area (Å²) in [5, 5.41) is 16.1. The van der Waals surface area contributed by atoms with Crippen molar-refractivity contribution in [3.63, 3.8) is 0 Å². The Bertz CT molecular complexity index is 1530. The Labute approximate surface area is 267 Å². The lowest BCUT2D eigenvalue weighted by atomic mass is 9.82. The van der Waals surface area contributed by atoms with Crippen molar-refractivity contribution in [3.05, 3.63) is 83.0 Å². The van der Waals surface area contributed by atoms with Gasteiger partial charge < -0.3 is 18.9 Å². The summed E-state index contributed by atoms with van der Waals surface area (Å²) in [5.41, 5.74) is 4.17. The SMILES string of the molecule is CC(C)=CCC/C(C)=C/CN1C(=O)[C@]2(O[C@H](CCO)[C@@H]([Si](C)(C)F)[C@@H]2C)c2cc(N3N=C(c4ccccc4)CCC3=O)ccc21. The van der Waals surface area contributed by atoms with Crippen molar-refractivity contribution in [2.75, 3.05) is 23.1 Å². The van der Waals surface area contributed by atoms with Crippen LogP contribution in [0.3, 0.4) is 0 Å². The fourth-order valence-electron chi connectivity index (χ4n) is 7.28. The average molecular weight is 632 g/mol. The highest BCUT2D eigenvalue weighted by atomic mass is 28.4. The van der Waals surface area contributed by atoms with Gasteiger partial charge in [0, 0.05) is 43.0 Å². The van der Waals surface area contributed by atoms with E-state index in [1.807, 2.05) is 55.5 Å². The molecule has 0 unspecified atom stereocenters. The Morgan fingerprint density at radius 1 is 1.11 bits per heavy atom. The Hall–Kier alpha value is -3.40. The van der Waals surface area contributed by atoms with E-state index >= 15 is 4.11 Å². The van der Waals surface area contributed by atoms with Crippen LogP contribution in [0.2, 0.25) is 18.6 Å². The maximum atomic E-state index is 16.0. The normalized spacial score (nSPS) is 25.2. The van der Waals surface area contributed by atoms with Crippen molar-refractivity contribution in [1.29, 1.82) is 0 Å². The van der Waals surface area contributed by atoms with Crippen LogP contribution in [-0.2, 0) is 19.9 Å². The minimum absolute atomic E-state index is 0.131. The van der Waals surface area contributed by atoms with Gasteiger partial charge in [-0.05, 0) is 76.9 Å². The average Bonchev–Trinajstić information content (AvgIpc) is 3.42. The molecule has 2 aromatic carbocycles. The molecule has 7 nitrogen and oxygen atoms in total. The van der Waals surface area contributed by atoms with E-state index in [2.05, 4.69) is 32.9 Å². The van der Waals surface area contributed by atoms with Gasteiger partial charge in [-0.1, -0.05) is 60.6 Å². The lowest BCUT2D eigenvalue weighted by Gasteiger charge is -2.31. The number of carbonyl (C=O) groups excluding carboxylic acids is 2. The molecule has 0 aromatic heterocycles. The zero-order chi connectivity index (χ0) is 32.5. The molecule has 2 aromatic rings. The van der Waals surface area contributed by atoms with E-state index in [-0.39, 0.29) is 24.8 Å². The summed E-state index contributed by atoms with van der Waals surface area (Å²) in [7, 11) is -3.33. The summed E-state index contributed by atoms with van der Waals surface area (Å²) in [6.45, 7) is 11.6. The maximum absolute atomic E-state index is 16.0. The molecule has 0 bridgehead atoms. The van der Waals surface area contributed by atoms with Crippen molar-refractivity contribution in [2.24, 2.45) is 11.0 Å². The zero-order valence-electron chi connectivity index (χ0n) is 27.3. The fraction of sp³-hybridized carbons (Fsp3) is 0.472. The predicted molar refractivity (Wildman–Crippen MR) is 181 cm³/mol. The lowest BCUT2D eigenvalue weighted by molar-refractivity contribution is -0.146. The zero-order valence-corrected chi connectivity index (χ0v) is 28.3. The molecule has 2 amide bonds. The number of hydrazone groups is 1. The Balaban J connectivity index is 1.59. The Morgan fingerprint density at radius 3 is 2.51 bits per heavy atom. The first kappa shape index (κ1) is 33.0. The van der Waals surface area contributed by atoms with E-state index in [1.54, 1.807) is 18.0 Å². The molecule has 4 atom stereocenters. The number of halogens is 1. The van der Waals surface area contributed by atoms with Crippen LogP contribution in [0, 0.1) is 5.92 Å². The maximum Gasteiger partial charge on any atom is 0.264 e. The first-order chi connectivity index (χ1) is 21.4. The summed E-state index contributed by atoms with van der Waals surface area (Å²) in [6, 6.07) is 15.3. The number of ether oxygens (including phenoxy) is 1. The molecule has 3 aliphatic heterocycles. The number of carbonyl (C=O) groups is 2. The highest BCUT2D eigenvalue weighted by Crippen LogP contribution is 2.60. The number of aliphatic hydroxyl groups excluding tert-OH is 1. The molecule has 1 fully saturated rings. The lowest BCUT2D eigenvalue weighted by Crippen LogP contribution is -2.45. The molecular formula is C36H46FN3O4Si. The molecule has 1 spiro atoms. The number of rotatable bonds is 10. The summed E-state index contributed by atoms with van der Waals surface area (Å²) in [6.07, 6.45) is 6.60. The molecule has 3 aliphatic rings. The predicted octanol–water partition coefficient (Wildman–Crippen LogP) is 7.41. The van der Waals surface area contributed by atoms with Crippen LogP contribution in [0.4, 0.5) is 15.5 Å². The number of nitrogens with zero attached hydrogens (tertiary/aromatic N) is 3. The van der Waals surface area contributed by atoms with E-state index in [4.69, 9.17) is 9.84 Å². The third-order valence-electron chi connectivity index (χ3n) is 9.46. The number of fused-ring (bicyclic) bond motifs is 2. The van der Waals surface area contributed by atoms with Crippen LogP contribution in [-0.4, -0.2) is 50.3 Å². The van der Waals surface area contributed by atoms with Gasteiger partial charge in [-0.2, -0.15) is 5.10 Å². The van der Waals surface area contributed by atoms with Crippen molar-refractivity contribution in [3.8, 4) is 0 Å². The summed E-state index contributed by atoms with van der Waals surface area (Å²) >= 11 is 0. The van der Waals surface area contributed by atoms with Crippen molar-refractivity contribution in [1.82, 2.24) is 0 Å². The first-order valence-corrected chi connectivity index (χ1v) is 19.0. The highest BCUT2D eigenvalue weighted by molar-refractivity contribution is 6.72. The third kappa shape index (κ3) is 6.35. The Morgan fingerprint density at radius 2 is 1.84 bits per heavy atom. The molecular weight excluding hydrogens is 585 g/mol. The standard InChI is InChI=1S/C36H46FN3O4Si/c1-24(2)11-10-12-25(3)19-21-39-31-17-15-28(40-33(42)18-16-30(38-40)27-13-8-7-9-14-27)23-29(31)36(35(39)43)26(4)34(45(5,6)37)32(44-36)20-22-41/h7-9,11,13-15,17,19,23,26,32,34,41H,10,12,16,18,20-22H2,1-6H3/b25-19+/t26-,32+,34-,36+/m0/s1. The van der Waals surface area contributed by atoms with Crippen LogP contribution in [0.1, 0.15) is 70.9 Å². The molecule has 3 heterocycles. The van der Waals surface area contributed by atoms with Crippen LogP contribution < -0.4 is 9.91 Å². The topological polar surface area (TPSA) is 82.4 Å². The van der Waals surface area contributed by atoms with E-state index < -0.39 is 31.6 Å². The second-order valence-electron chi connectivity index (χ2n) is 13.4. The molecule has 0 saturated carbocycles. The van der Waals surface area contributed by atoms with Gasteiger partial charge in [0.05, 0.1) is 23.2 Å². The molecule has 1 N–H and O–H groups in total. The fourth-order valence-corrected chi connectivity index (χ4v) is 9.82. The number of amides is 2. The molecule has 0 radical (unpaired) electrons. The Kier molecular flexibility index (Phi) is 9.63. The van der Waals surface area contributed by atoms with Gasteiger partial charge >= 0.3 is 0 Å². The number of aliphatic hydroxyl groups is 1. The largest absolute Gasteiger partial charge is 0.396 e. The van der Waals surface area contributed by atoms with E-state index in [0.29, 0.717) is 36.3 Å². The first-order valence-electron chi connectivity index (χ1n) is 16.1. The minimum Gasteiger partial charge on any atom is -0.396 e. The number of allylic oxidation sites excluding steroid dienone is 3. The molecule has 0 aliphatic carbocycles. The van der Waals surface area contributed by atoms with Crippen LogP contribution in [0.25, 0.3) is 0 Å². The monoisotopic (exact) mass is 631 g/mol. The summed E-state index contributed by atoms with van der Waals surface area (Å²) in [5.74, 6) is -0.832. The number of anilines is 2.